The molecule has 0 aliphatic carbocycles. The molecule has 0 aromatic carbocycles. The van der Waals surface area contributed by atoms with E-state index in [9.17, 15) is 19.7 Å². The maximum absolute atomic E-state index is 12.1. The summed E-state index contributed by atoms with van der Waals surface area (Å²) in [6.07, 6.45) is 1.78. The fraction of sp³-hybridized carbons (Fsp3) is 0.357. The van der Waals surface area contributed by atoms with Crippen molar-refractivity contribution in [2.75, 3.05) is 13.1 Å². The number of carbonyl (C=O) groups excluding carboxylic acids is 2. The molecule has 1 unspecified atom stereocenters. The van der Waals surface area contributed by atoms with Crippen LogP contribution in [0.1, 0.15) is 17.5 Å². The van der Waals surface area contributed by atoms with Gasteiger partial charge in [0, 0.05) is 23.7 Å². The lowest BCUT2D eigenvalue weighted by atomic mass is 10.2. The predicted octanol–water partition coefficient (Wildman–Crippen LogP) is -0.932. The summed E-state index contributed by atoms with van der Waals surface area (Å²) in [7, 11) is 1.78. The van der Waals surface area contributed by atoms with Gasteiger partial charge in [-0.25, -0.2) is 0 Å². The van der Waals surface area contributed by atoms with E-state index in [0.717, 1.165) is 0 Å². The van der Waals surface area contributed by atoms with E-state index in [-0.39, 0.29) is 24.5 Å². The number of aromatic nitrogens is 5. The smallest absolute Gasteiger partial charge is 0.293 e. The van der Waals surface area contributed by atoms with Crippen LogP contribution in [-0.2, 0) is 11.8 Å². The fourth-order valence-corrected chi connectivity index (χ4v) is 1.93. The summed E-state index contributed by atoms with van der Waals surface area (Å²) in [5.74, 6) is -0.819. The van der Waals surface area contributed by atoms with Gasteiger partial charge in [-0.05, 0) is 24.3 Å². The van der Waals surface area contributed by atoms with Gasteiger partial charge in [-0.3, -0.25) is 19.7 Å². The van der Waals surface area contributed by atoms with Crippen molar-refractivity contribution in [1.82, 2.24) is 35.4 Å². The highest BCUT2D eigenvalue weighted by Crippen LogP contribution is 2.03. The van der Waals surface area contributed by atoms with E-state index in [1.54, 1.807) is 29.9 Å². The summed E-state index contributed by atoms with van der Waals surface area (Å²) in [5.41, 5.74) is 0.234. The highest BCUT2D eigenvalue weighted by atomic mass is 16.6. The van der Waals surface area contributed by atoms with Gasteiger partial charge in [0.15, 0.2) is 5.82 Å². The van der Waals surface area contributed by atoms with Gasteiger partial charge in [0.1, 0.15) is 0 Å². The summed E-state index contributed by atoms with van der Waals surface area (Å²) in [6, 6.07) is 2.31. The van der Waals surface area contributed by atoms with Crippen molar-refractivity contribution >= 4 is 11.8 Å². The first-order valence-corrected chi connectivity index (χ1v) is 7.56. The zero-order chi connectivity index (χ0) is 19.3. The van der Waals surface area contributed by atoms with E-state index in [2.05, 4.69) is 32.6 Å². The van der Waals surface area contributed by atoms with Gasteiger partial charge < -0.3 is 15.2 Å². The quantitative estimate of drug-likeness (QED) is 0.350. The van der Waals surface area contributed by atoms with E-state index in [1.165, 1.54) is 11.7 Å². The first kappa shape index (κ1) is 18.8. The number of hydrogen-bond acceptors (Lipinski definition) is 7. The molecule has 0 saturated heterocycles. The highest BCUT2D eigenvalue weighted by molar-refractivity contribution is 5.92. The number of tetrazole rings is 1. The van der Waals surface area contributed by atoms with E-state index < -0.39 is 22.8 Å². The molecule has 0 saturated carbocycles. The highest BCUT2D eigenvalue weighted by Gasteiger charge is 2.23. The molecule has 12 heteroatoms. The Morgan fingerprint density at radius 2 is 2.08 bits per heavy atom. The van der Waals surface area contributed by atoms with E-state index in [0.29, 0.717) is 5.82 Å². The Morgan fingerprint density at radius 1 is 1.38 bits per heavy atom. The normalized spacial score (nSPS) is 11.6. The summed E-state index contributed by atoms with van der Waals surface area (Å²) < 4.78 is 1.73. The van der Waals surface area contributed by atoms with Crippen LogP contribution in [0.5, 0.6) is 0 Å². The molecule has 0 spiro atoms. The van der Waals surface area contributed by atoms with Gasteiger partial charge in [-0.15, -0.1) is 15.0 Å². The topological polar surface area (TPSA) is 150 Å². The van der Waals surface area contributed by atoms with Crippen LogP contribution in [0.4, 0.5) is 0 Å². The molecule has 2 heterocycles. The minimum Gasteiger partial charge on any atom is -0.345 e. The number of nitro groups is 1. The standard InChI is InChI=1S/C14H18N8O4/c1-9(2)13(23)15-7-10(22(25)26)8-16-14(24)12-17-19-21(18-12)11-5-4-6-20(11)3/h4-6,10H,1,7-8H2,2-3H3,(H,15,23)(H,16,24). The van der Waals surface area contributed by atoms with Gasteiger partial charge in [-0.2, -0.15) is 0 Å². The van der Waals surface area contributed by atoms with Crippen LogP contribution in [0.15, 0.2) is 30.5 Å². The average molecular weight is 362 g/mol. The largest absolute Gasteiger partial charge is 0.345 e. The van der Waals surface area contributed by atoms with Crippen LogP contribution in [0.3, 0.4) is 0 Å². The van der Waals surface area contributed by atoms with Gasteiger partial charge in [-0.1, -0.05) is 6.58 Å². The summed E-state index contributed by atoms with van der Waals surface area (Å²) in [4.78, 5) is 35.1. The zero-order valence-electron chi connectivity index (χ0n) is 14.2. The monoisotopic (exact) mass is 362 g/mol. The molecule has 2 aromatic heterocycles. The zero-order valence-corrected chi connectivity index (χ0v) is 14.2. The van der Waals surface area contributed by atoms with Crippen LogP contribution in [0, 0.1) is 10.1 Å². The second-order valence-corrected chi connectivity index (χ2v) is 5.52. The molecule has 0 fully saturated rings. The molecule has 0 aliphatic rings. The lowest BCUT2D eigenvalue weighted by Gasteiger charge is -2.11. The summed E-state index contributed by atoms with van der Waals surface area (Å²) in [6.45, 7) is 4.38. The third-order valence-electron chi connectivity index (χ3n) is 3.42. The van der Waals surface area contributed by atoms with E-state index in [1.807, 2.05) is 0 Å². The maximum atomic E-state index is 12.1. The van der Waals surface area contributed by atoms with Crippen molar-refractivity contribution in [2.45, 2.75) is 13.0 Å². The molecule has 2 amide bonds. The molecular weight excluding hydrogens is 344 g/mol. The molecule has 2 aromatic rings. The van der Waals surface area contributed by atoms with Crippen LogP contribution >= 0.6 is 0 Å². The maximum Gasteiger partial charge on any atom is 0.293 e. The Kier molecular flexibility index (Phi) is 5.78. The second-order valence-electron chi connectivity index (χ2n) is 5.52. The second kappa shape index (κ2) is 8.00. The van der Waals surface area contributed by atoms with Crippen molar-refractivity contribution in [3.63, 3.8) is 0 Å². The van der Waals surface area contributed by atoms with Gasteiger partial charge in [0.25, 0.3) is 11.7 Å². The lowest BCUT2D eigenvalue weighted by molar-refractivity contribution is -0.517. The molecule has 2 N–H and O–H groups in total. The number of rotatable bonds is 8. The first-order valence-electron chi connectivity index (χ1n) is 7.56. The Bertz CT molecular complexity index is 840. The number of nitrogens with one attached hydrogen (secondary N) is 2. The van der Waals surface area contributed by atoms with Crippen LogP contribution in [0.2, 0.25) is 0 Å². The van der Waals surface area contributed by atoms with Gasteiger partial charge in [0.05, 0.1) is 13.1 Å². The minimum absolute atomic E-state index is 0.223. The Hall–Kier alpha value is -3.57. The lowest BCUT2D eigenvalue weighted by Crippen LogP contribution is -2.44. The molecular formula is C14H18N8O4. The summed E-state index contributed by atoms with van der Waals surface area (Å²) >= 11 is 0. The molecule has 138 valence electrons. The molecule has 0 aliphatic heterocycles. The number of carbonyl (C=O) groups is 2. The average Bonchev–Trinajstić information content (AvgIpc) is 3.22. The van der Waals surface area contributed by atoms with Crippen molar-refractivity contribution in [3.05, 3.63) is 46.4 Å². The first-order chi connectivity index (χ1) is 12.3. The van der Waals surface area contributed by atoms with Gasteiger partial charge >= 0.3 is 0 Å². The van der Waals surface area contributed by atoms with Crippen LogP contribution in [0.25, 0.3) is 5.82 Å². The van der Waals surface area contributed by atoms with E-state index >= 15 is 0 Å². The number of nitrogens with zero attached hydrogens (tertiary/aromatic N) is 6. The molecule has 0 radical (unpaired) electrons. The Morgan fingerprint density at radius 3 is 2.65 bits per heavy atom. The number of hydrogen-bond donors (Lipinski definition) is 2. The van der Waals surface area contributed by atoms with Crippen LogP contribution < -0.4 is 10.6 Å². The fourth-order valence-electron chi connectivity index (χ4n) is 1.93. The SMILES string of the molecule is C=C(C)C(=O)NCC(CNC(=O)c1nnn(-c2cccn2C)n1)[N+](=O)[O-]. The van der Waals surface area contributed by atoms with Crippen molar-refractivity contribution < 1.29 is 14.5 Å². The summed E-state index contributed by atoms with van der Waals surface area (Å²) in [5, 5.41) is 27.2. The Labute approximate surface area is 148 Å². The Balaban J connectivity index is 1.95. The number of aryl methyl sites for hydroxylation is 1. The van der Waals surface area contributed by atoms with E-state index in [4.69, 9.17) is 0 Å². The minimum atomic E-state index is -1.20. The molecule has 1 atom stereocenters. The third kappa shape index (κ3) is 4.49. The predicted molar refractivity (Wildman–Crippen MR) is 89.1 cm³/mol. The molecule has 0 bridgehead atoms. The third-order valence-corrected chi connectivity index (χ3v) is 3.42. The van der Waals surface area contributed by atoms with Crippen molar-refractivity contribution in [3.8, 4) is 5.82 Å². The molecule has 12 nitrogen and oxygen atoms in total. The number of amides is 2. The van der Waals surface area contributed by atoms with Crippen molar-refractivity contribution in [1.29, 1.82) is 0 Å². The van der Waals surface area contributed by atoms with Crippen LogP contribution in [-0.4, -0.2) is 60.6 Å². The molecule has 26 heavy (non-hydrogen) atoms. The van der Waals surface area contributed by atoms with Crippen molar-refractivity contribution in [2.24, 2.45) is 7.05 Å². The van der Waals surface area contributed by atoms with Gasteiger partial charge in [0.2, 0.25) is 11.9 Å². The molecule has 2 rings (SSSR count).